The van der Waals surface area contributed by atoms with Gasteiger partial charge in [-0.25, -0.2) is 0 Å². The standard InChI is InChI=1S/C13H14N2O/c1-2-10-5-3-6-11(9-10)16-13-8-4-7-12(14)15-13/h3-9H,2H2,1H3,(H2,14,15). The molecule has 0 atom stereocenters. The molecule has 82 valence electrons. The number of hydrogen-bond acceptors (Lipinski definition) is 3. The number of benzene rings is 1. The van der Waals surface area contributed by atoms with Crippen molar-refractivity contribution in [3.05, 3.63) is 48.0 Å². The van der Waals surface area contributed by atoms with E-state index in [1.54, 1.807) is 12.1 Å². The molecule has 3 nitrogen and oxygen atoms in total. The van der Waals surface area contributed by atoms with E-state index >= 15 is 0 Å². The SMILES string of the molecule is CCc1cccc(Oc2cccc(N)n2)c1. The van der Waals surface area contributed by atoms with Gasteiger partial charge in [0.1, 0.15) is 11.6 Å². The fraction of sp³-hybridized carbons (Fsp3) is 0.154. The van der Waals surface area contributed by atoms with Crippen molar-refractivity contribution < 1.29 is 4.74 Å². The Balaban J connectivity index is 2.20. The van der Waals surface area contributed by atoms with Gasteiger partial charge in [0, 0.05) is 6.07 Å². The van der Waals surface area contributed by atoms with E-state index in [0.717, 1.165) is 12.2 Å². The lowest BCUT2D eigenvalue weighted by Gasteiger charge is -2.06. The number of nitrogen functional groups attached to an aromatic ring is 1. The van der Waals surface area contributed by atoms with E-state index in [0.29, 0.717) is 11.7 Å². The zero-order chi connectivity index (χ0) is 11.4. The molecule has 0 amide bonds. The Labute approximate surface area is 94.9 Å². The molecule has 1 aromatic heterocycles. The van der Waals surface area contributed by atoms with Crippen LogP contribution in [-0.2, 0) is 6.42 Å². The third-order valence-electron chi connectivity index (χ3n) is 2.27. The second-order valence-corrected chi connectivity index (χ2v) is 3.50. The molecule has 2 rings (SSSR count). The van der Waals surface area contributed by atoms with Crippen LogP contribution in [0.1, 0.15) is 12.5 Å². The Morgan fingerprint density at radius 1 is 1.19 bits per heavy atom. The Morgan fingerprint density at radius 3 is 2.75 bits per heavy atom. The second kappa shape index (κ2) is 4.66. The van der Waals surface area contributed by atoms with Gasteiger partial charge >= 0.3 is 0 Å². The number of nitrogens with zero attached hydrogens (tertiary/aromatic N) is 1. The first-order chi connectivity index (χ1) is 7.78. The molecule has 0 aliphatic carbocycles. The molecule has 0 bridgehead atoms. The quantitative estimate of drug-likeness (QED) is 0.854. The maximum Gasteiger partial charge on any atom is 0.221 e. The highest BCUT2D eigenvalue weighted by molar-refractivity contribution is 5.35. The molecule has 2 aromatic rings. The molecule has 0 saturated heterocycles. The Morgan fingerprint density at radius 2 is 2.00 bits per heavy atom. The van der Waals surface area contributed by atoms with Gasteiger partial charge in [-0.1, -0.05) is 25.1 Å². The number of aryl methyl sites for hydroxylation is 1. The molecular weight excluding hydrogens is 200 g/mol. The smallest absolute Gasteiger partial charge is 0.221 e. The van der Waals surface area contributed by atoms with Gasteiger partial charge in [0.25, 0.3) is 0 Å². The van der Waals surface area contributed by atoms with Gasteiger partial charge in [0.15, 0.2) is 0 Å². The van der Waals surface area contributed by atoms with E-state index in [1.165, 1.54) is 5.56 Å². The van der Waals surface area contributed by atoms with Crippen molar-refractivity contribution in [2.24, 2.45) is 0 Å². The van der Waals surface area contributed by atoms with Crippen LogP contribution in [0.4, 0.5) is 5.82 Å². The fourth-order valence-electron chi connectivity index (χ4n) is 1.44. The van der Waals surface area contributed by atoms with Crippen LogP contribution in [0.25, 0.3) is 0 Å². The zero-order valence-electron chi connectivity index (χ0n) is 9.18. The minimum Gasteiger partial charge on any atom is -0.439 e. The molecule has 2 N–H and O–H groups in total. The number of anilines is 1. The summed E-state index contributed by atoms with van der Waals surface area (Å²) in [6.07, 6.45) is 0.988. The molecule has 1 aromatic carbocycles. The van der Waals surface area contributed by atoms with E-state index in [2.05, 4.69) is 18.0 Å². The van der Waals surface area contributed by atoms with Gasteiger partial charge < -0.3 is 10.5 Å². The lowest BCUT2D eigenvalue weighted by Crippen LogP contribution is -1.93. The Hall–Kier alpha value is -2.03. The van der Waals surface area contributed by atoms with E-state index in [9.17, 15) is 0 Å². The minimum absolute atomic E-state index is 0.462. The largest absolute Gasteiger partial charge is 0.439 e. The third-order valence-corrected chi connectivity index (χ3v) is 2.27. The number of nitrogens with two attached hydrogens (primary N) is 1. The zero-order valence-corrected chi connectivity index (χ0v) is 9.18. The molecular formula is C13H14N2O. The van der Waals surface area contributed by atoms with Crippen molar-refractivity contribution in [1.29, 1.82) is 0 Å². The molecule has 0 aliphatic heterocycles. The predicted octanol–water partition coefficient (Wildman–Crippen LogP) is 3.02. The summed E-state index contributed by atoms with van der Waals surface area (Å²) in [5.41, 5.74) is 6.81. The van der Waals surface area contributed by atoms with Crippen LogP contribution >= 0.6 is 0 Å². The summed E-state index contributed by atoms with van der Waals surface area (Å²) in [6, 6.07) is 13.3. The van der Waals surface area contributed by atoms with E-state index in [1.807, 2.05) is 24.3 Å². The highest BCUT2D eigenvalue weighted by Gasteiger charge is 1.99. The summed E-state index contributed by atoms with van der Waals surface area (Å²) in [6.45, 7) is 2.11. The van der Waals surface area contributed by atoms with Crippen molar-refractivity contribution >= 4 is 5.82 Å². The van der Waals surface area contributed by atoms with Crippen molar-refractivity contribution in [3.8, 4) is 11.6 Å². The molecule has 0 radical (unpaired) electrons. The topological polar surface area (TPSA) is 48.1 Å². The van der Waals surface area contributed by atoms with E-state index in [-0.39, 0.29) is 0 Å². The first kappa shape index (κ1) is 10.5. The van der Waals surface area contributed by atoms with Gasteiger partial charge in [-0.15, -0.1) is 0 Å². The van der Waals surface area contributed by atoms with Crippen molar-refractivity contribution in [2.45, 2.75) is 13.3 Å². The van der Waals surface area contributed by atoms with E-state index in [4.69, 9.17) is 10.5 Å². The first-order valence-corrected chi connectivity index (χ1v) is 5.27. The number of rotatable bonds is 3. The highest BCUT2D eigenvalue weighted by atomic mass is 16.5. The minimum atomic E-state index is 0.462. The highest BCUT2D eigenvalue weighted by Crippen LogP contribution is 2.21. The molecule has 0 spiro atoms. The average molecular weight is 214 g/mol. The molecule has 0 aliphatic rings. The lowest BCUT2D eigenvalue weighted by atomic mass is 10.2. The van der Waals surface area contributed by atoms with Crippen LogP contribution in [0, 0.1) is 0 Å². The summed E-state index contributed by atoms with van der Waals surface area (Å²) in [4.78, 5) is 4.08. The summed E-state index contributed by atoms with van der Waals surface area (Å²) in [7, 11) is 0. The van der Waals surface area contributed by atoms with Gasteiger partial charge in [-0.3, -0.25) is 0 Å². The number of pyridine rings is 1. The van der Waals surface area contributed by atoms with Crippen molar-refractivity contribution in [2.75, 3.05) is 5.73 Å². The summed E-state index contributed by atoms with van der Waals surface area (Å²) >= 11 is 0. The Bertz CT molecular complexity index is 483. The van der Waals surface area contributed by atoms with Gasteiger partial charge in [-0.2, -0.15) is 4.98 Å². The number of hydrogen-bond donors (Lipinski definition) is 1. The number of aromatic nitrogens is 1. The normalized spacial score (nSPS) is 10.1. The third kappa shape index (κ3) is 2.51. The summed E-state index contributed by atoms with van der Waals surface area (Å²) < 4.78 is 5.61. The van der Waals surface area contributed by atoms with Crippen LogP contribution in [0.2, 0.25) is 0 Å². The molecule has 0 unspecified atom stereocenters. The predicted molar refractivity (Wildman–Crippen MR) is 64.5 cm³/mol. The molecule has 0 saturated carbocycles. The first-order valence-electron chi connectivity index (χ1n) is 5.27. The van der Waals surface area contributed by atoms with Crippen LogP contribution in [0.3, 0.4) is 0 Å². The molecule has 0 fully saturated rings. The molecule has 16 heavy (non-hydrogen) atoms. The fourth-order valence-corrected chi connectivity index (χ4v) is 1.44. The van der Waals surface area contributed by atoms with E-state index < -0.39 is 0 Å². The number of ether oxygens (including phenoxy) is 1. The lowest BCUT2D eigenvalue weighted by molar-refractivity contribution is 0.463. The maximum absolute atomic E-state index is 5.61. The molecule has 3 heteroatoms. The van der Waals surface area contributed by atoms with Crippen LogP contribution in [0.5, 0.6) is 11.6 Å². The molecule has 1 heterocycles. The summed E-state index contributed by atoms with van der Waals surface area (Å²) in [5.74, 6) is 1.77. The van der Waals surface area contributed by atoms with Crippen LogP contribution in [-0.4, -0.2) is 4.98 Å². The van der Waals surface area contributed by atoms with Crippen LogP contribution in [0.15, 0.2) is 42.5 Å². The summed E-state index contributed by atoms with van der Waals surface area (Å²) in [5, 5.41) is 0. The van der Waals surface area contributed by atoms with Gasteiger partial charge in [-0.05, 0) is 30.2 Å². The van der Waals surface area contributed by atoms with Crippen molar-refractivity contribution in [1.82, 2.24) is 4.98 Å². The van der Waals surface area contributed by atoms with Gasteiger partial charge in [0.2, 0.25) is 5.88 Å². The Kier molecular flexibility index (Phi) is 3.05. The maximum atomic E-state index is 5.61. The van der Waals surface area contributed by atoms with Gasteiger partial charge in [0.05, 0.1) is 0 Å². The monoisotopic (exact) mass is 214 g/mol. The average Bonchev–Trinajstić information content (AvgIpc) is 2.29. The van der Waals surface area contributed by atoms with Crippen molar-refractivity contribution in [3.63, 3.8) is 0 Å². The van der Waals surface area contributed by atoms with Crippen LogP contribution < -0.4 is 10.5 Å². The second-order valence-electron chi connectivity index (χ2n) is 3.50.